The van der Waals surface area contributed by atoms with Gasteiger partial charge in [0.25, 0.3) is 0 Å². The molecule has 1 N–H and O–H groups in total. The monoisotopic (exact) mass is 282 g/mol. The molecular weight excluding hydrogens is 258 g/mol. The first-order valence-electron chi connectivity index (χ1n) is 7.62. The van der Waals surface area contributed by atoms with Crippen LogP contribution in [0.4, 0.5) is 8.78 Å². The summed E-state index contributed by atoms with van der Waals surface area (Å²) in [5.41, 5.74) is 0.905. The van der Waals surface area contributed by atoms with E-state index >= 15 is 0 Å². The van der Waals surface area contributed by atoms with Gasteiger partial charge in [-0.15, -0.1) is 0 Å². The molecule has 1 aliphatic rings. The highest BCUT2D eigenvalue weighted by Gasteiger charge is 2.22. The average Bonchev–Trinajstić information content (AvgIpc) is 2.48. The summed E-state index contributed by atoms with van der Waals surface area (Å²) in [5.74, 6) is -1.50. The molecule has 20 heavy (non-hydrogen) atoms. The normalized spacial score (nSPS) is 18.1. The molecule has 112 valence electrons. The summed E-state index contributed by atoms with van der Waals surface area (Å²) in [6.07, 6.45) is 4.50. The van der Waals surface area contributed by atoms with Crippen LogP contribution in [0.3, 0.4) is 0 Å². The minimum Gasteiger partial charge on any atom is -0.314 e. The van der Waals surface area contributed by atoms with Gasteiger partial charge in [-0.05, 0) is 24.1 Å². The van der Waals surface area contributed by atoms with Gasteiger partial charge in [0.2, 0.25) is 0 Å². The zero-order valence-electron chi connectivity index (χ0n) is 12.2. The Bertz CT molecular complexity index is 417. The third-order valence-electron chi connectivity index (χ3n) is 4.00. The Kier molecular flexibility index (Phi) is 5.92. The summed E-state index contributed by atoms with van der Waals surface area (Å²) in [5, 5.41) is 3.33. The first-order valence-corrected chi connectivity index (χ1v) is 7.62. The van der Waals surface area contributed by atoms with Crippen LogP contribution in [0.1, 0.15) is 44.2 Å². The van der Waals surface area contributed by atoms with E-state index in [0.29, 0.717) is 0 Å². The molecule has 0 aliphatic carbocycles. The second-order valence-corrected chi connectivity index (χ2v) is 5.47. The first-order chi connectivity index (χ1) is 9.72. The molecule has 1 heterocycles. The molecule has 1 atom stereocenters. The number of benzene rings is 1. The van der Waals surface area contributed by atoms with E-state index in [4.69, 9.17) is 0 Å². The number of nitrogens with one attached hydrogen (secondary N) is 1. The maximum Gasteiger partial charge on any atom is 0.159 e. The van der Waals surface area contributed by atoms with Gasteiger partial charge in [-0.2, -0.15) is 0 Å². The molecule has 1 aliphatic heterocycles. The SMILES string of the molecule is CCCCC[C@H](c1ccc(F)c(F)c1)N1CCNCC1. The largest absolute Gasteiger partial charge is 0.314 e. The van der Waals surface area contributed by atoms with Gasteiger partial charge in [0.15, 0.2) is 11.6 Å². The zero-order valence-corrected chi connectivity index (χ0v) is 12.2. The maximum absolute atomic E-state index is 13.5. The van der Waals surface area contributed by atoms with Crippen LogP contribution >= 0.6 is 0 Å². The van der Waals surface area contributed by atoms with E-state index in [0.717, 1.165) is 44.6 Å². The van der Waals surface area contributed by atoms with E-state index in [-0.39, 0.29) is 6.04 Å². The minimum atomic E-state index is -0.763. The third kappa shape index (κ3) is 4.00. The summed E-state index contributed by atoms with van der Waals surface area (Å²) in [6.45, 7) is 6.05. The van der Waals surface area contributed by atoms with Crippen molar-refractivity contribution in [1.29, 1.82) is 0 Å². The fourth-order valence-electron chi connectivity index (χ4n) is 2.86. The first kappa shape index (κ1) is 15.4. The fraction of sp³-hybridized carbons (Fsp3) is 0.625. The molecule has 0 bridgehead atoms. The van der Waals surface area contributed by atoms with E-state index in [1.54, 1.807) is 6.07 Å². The van der Waals surface area contributed by atoms with Gasteiger partial charge >= 0.3 is 0 Å². The van der Waals surface area contributed by atoms with Crippen molar-refractivity contribution in [3.63, 3.8) is 0 Å². The molecule has 0 radical (unpaired) electrons. The predicted octanol–water partition coefficient (Wildman–Crippen LogP) is 3.49. The quantitative estimate of drug-likeness (QED) is 0.803. The van der Waals surface area contributed by atoms with Crippen LogP contribution < -0.4 is 5.32 Å². The average molecular weight is 282 g/mol. The molecule has 0 unspecified atom stereocenters. The van der Waals surface area contributed by atoms with E-state index in [2.05, 4.69) is 17.1 Å². The molecule has 2 rings (SSSR count). The van der Waals surface area contributed by atoms with Gasteiger partial charge in [0.05, 0.1) is 0 Å². The topological polar surface area (TPSA) is 15.3 Å². The summed E-state index contributed by atoms with van der Waals surface area (Å²) >= 11 is 0. The number of hydrogen-bond acceptors (Lipinski definition) is 2. The zero-order chi connectivity index (χ0) is 14.4. The van der Waals surface area contributed by atoms with Crippen molar-refractivity contribution in [3.05, 3.63) is 35.4 Å². The van der Waals surface area contributed by atoms with Gasteiger partial charge in [0.1, 0.15) is 0 Å². The van der Waals surface area contributed by atoms with Crippen molar-refractivity contribution in [2.24, 2.45) is 0 Å². The Hall–Kier alpha value is -1.00. The highest BCUT2D eigenvalue weighted by Crippen LogP contribution is 2.28. The number of rotatable bonds is 6. The van der Waals surface area contributed by atoms with Gasteiger partial charge < -0.3 is 5.32 Å². The minimum absolute atomic E-state index is 0.207. The molecule has 1 aromatic carbocycles. The Labute approximate surface area is 120 Å². The van der Waals surface area contributed by atoms with Crippen LogP contribution in [-0.4, -0.2) is 31.1 Å². The fourth-order valence-corrected chi connectivity index (χ4v) is 2.86. The van der Waals surface area contributed by atoms with E-state index in [1.807, 2.05) is 0 Å². The van der Waals surface area contributed by atoms with Crippen molar-refractivity contribution in [2.75, 3.05) is 26.2 Å². The van der Waals surface area contributed by atoms with E-state index in [9.17, 15) is 8.78 Å². The molecule has 0 saturated carbocycles. The molecule has 1 saturated heterocycles. The van der Waals surface area contributed by atoms with Gasteiger partial charge in [0, 0.05) is 32.2 Å². The second-order valence-electron chi connectivity index (χ2n) is 5.47. The smallest absolute Gasteiger partial charge is 0.159 e. The molecule has 0 amide bonds. The van der Waals surface area contributed by atoms with Crippen LogP contribution in [0.5, 0.6) is 0 Å². The third-order valence-corrected chi connectivity index (χ3v) is 4.00. The lowest BCUT2D eigenvalue weighted by Gasteiger charge is -2.35. The van der Waals surface area contributed by atoms with Crippen molar-refractivity contribution in [3.8, 4) is 0 Å². The van der Waals surface area contributed by atoms with Crippen molar-refractivity contribution in [1.82, 2.24) is 10.2 Å². The van der Waals surface area contributed by atoms with Crippen LogP contribution in [-0.2, 0) is 0 Å². The Morgan fingerprint density at radius 3 is 2.55 bits per heavy atom. The number of unbranched alkanes of at least 4 members (excludes halogenated alkanes) is 2. The second kappa shape index (κ2) is 7.70. The van der Waals surface area contributed by atoms with Gasteiger partial charge in [-0.1, -0.05) is 32.3 Å². The number of halogens is 2. The summed E-state index contributed by atoms with van der Waals surface area (Å²) < 4.78 is 26.6. The van der Waals surface area contributed by atoms with Crippen LogP contribution in [0.25, 0.3) is 0 Å². The lowest BCUT2D eigenvalue weighted by molar-refractivity contribution is 0.162. The summed E-state index contributed by atoms with van der Waals surface area (Å²) in [6, 6.07) is 4.56. The maximum atomic E-state index is 13.5. The predicted molar refractivity (Wildman–Crippen MR) is 77.7 cm³/mol. The number of piperazine rings is 1. The van der Waals surface area contributed by atoms with Crippen LogP contribution in [0.15, 0.2) is 18.2 Å². The lowest BCUT2D eigenvalue weighted by Crippen LogP contribution is -2.45. The molecular formula is C16H24F2N2. The van der Waals surface area contributed by atoms with Crippen molar-refractivity contribution >= 4 is 0 Å². The Morgan fingerprint density at radius 1 is 1.15 bits per heavy atom. The lowest BCUT2D eigenvalue weighted by atomic mass is 9.98. The van der Waals surface area contributed by atoms with Crippen molar-refractivity contribution < 1.29 is 8.78 Å². The highest BCUT2D eigenvalue weighted by molar-refractivity contribution is 5.21. The molecule has 1 fully saturated rings. The standard InChI is InChI=1S/C16H24F2N2/c1-2-3-4-5-16(20-10-8-19-9-11-20)13-6-7-14(17)15(18)12-13/h6-7,12,16,19H,2-5,8-11H2,1H3/t16-/m1/s1. The van der Waals surface area contributed by atoms with Gasteiger partial charge in [-0.3, -0.25) is 4.90 Å². The number of nitrogens with zero attached hydrogens (tertiary/aromatic N) is 1. The van der Waals surface area contributed by atoms with Gasteiger partial charge in [-0.25, -0.2) is 8.78 Å². The summed E-state index contributed by atoms with van der Waals surface area (Å²) in [7, 11) is 0. The highest BCUT2D eigenvalue weighted by atomic mass is 19.2. The molecule has 2 nitrogen and oxygen atoms in total. The Balaban J connectivity index is 2.12. The molecule has 0 aromatic heterocycles. The van der Waals surface area contributed by atoms with Crippen molar-refractivity contribution in [2.45, 2.75) is 38.6 Å². The van der Waals surface area contributed by atoms with E-state index in [1.165, 1.54) is 25.0 Å². The summed E-state index contributed by atoms with van der Waals surface area (Å²) in [4.78, 5) is 2.39. The van der Waals surface area contributed by atoms with Crippen LogP contribution in [0, 0.1) is 11.6 Å². The molecule has 1 aromatic rings. The molecule has 4 heteroatoms. The Morgan fingerprint density at radius 2 is 1.90 bits per heavy atom. The van der Waals surface area contributed by atoms with Crippen LogP contribution in [0.2, 0.25) is 0 Å². The van der Waals surface area contributed by atoms with E-state index < -0.39 is 11.6 Å². The molecule has 0 spiro atoms. The number of hydrogen-bond donors (Lipinski definition) is 1.